The molecule has 0 aromatic rings. The third kappa shape index (κ3) is 1.76. The lowest BCUT2D eigenvalue weighted by atomic mass is 9.73. The molecule has 2 heteroatoms. The first-order chi connectivity index (χ1) is 4.91. The monoisotopic (exact) mass is 173 g/mol. The zero-order valence-electron chi connectivity index (χ0n) is 6.88. The first-order valence-corrected chi connectivity index (χ1v) is 4.40. The minimum absolute atomic E-state index is 0. The molecule has 64 valence electrons. The Kier molecular flexibility index (Phi) is 2.94. The average molecular weight is 174 g/mol. The normalized spacial score (nSPS) is 26.9. The van der Waals surface area contributed by atoms with Gasteiger partial charge >= 0.3 is 0 Å². The first-order valence-electron chi connectivity index (χ1n) is 4.40. The van der Waals surface area contributed by atoms with Crippen molar-refractivity contribution in [3.8, 4) is 0 Å². The molecule has 1 spiro atoms. The third-order valence-corrected chi connectivity index (χ3v) is 2.99. The SMILES string of the molecule is C1=NCC2(C1)CCCCC2.Cl. The van der Waals surface area contributed by atoms with Gasteiger partial charge in [0.15, 0.2) is 0 Å². The van der Waals surface area contributed by atoms with E-state index in [4.69, 9.17) is 0 Å². The van der Waals surface area contributed by atoms with Crippen molar-refractivity contribution in [3.63, 3.8) is 0 Å². The predicted molar refractivity (Wildman–Crippen MR) is 50.7 cm³/mol. The van der Waals surface area contributed by atoms with Gasteiger partial charge in [0.1, 0.15) is 0 Å². The van der Waals surface area contributed by atoms with Crippen molar-refractivity contribution in [1.82, 2.24) is 0 Å². The molecule has 0 aromatic carbocycles. The van der Waals surface area contributed by atoms with E-state index in [0.717, 1.165) is 6.54 Å². The second-order valence-corrected chi connectivity index (χ2v) is 3.79. The summed E-state index contributed by atoms with van der Waals surface area (Å²) in [5, 5.41) is 0. The van der Waals surface area contributed by atoms with Gasteiger partial charge in [-0.3, -0.25) is 4.99 Å². The fraction of sp³-hybridized carbons (Fsp3) is 0.889. The summed E-state index contributed by atoms with van der Waals surface area (Å²) in [5.74, 6) is 0. The molecule has 0 aromatic heterocycles. The maximum atomic E-state index is 4.34. The standard InChI is InChI=1S/C9H15N.ClH/c1-2-4-9(5-3-1)6-7-10-8-9;/h7H,1-6,8H2;1H. The highest BCUT2D eigenvalue weighted by Crippen LogP contribution is 2.40. The molecule has 1 heterocycles. The van der Waals surface area contributed by atoms with Crippen LogP contribution in [0.15, 0.2) is 4.99 Å². The first kappa shape index (κ1) is 9.05. The lowest BCUT2D eigenvalue weighted by molar-refractivity contribution is 0.222. The Morgan fingerprint density at radius 3 is 2.36 bits per heavy atom. The van der Waals surface area contributed by atoms with Crippen LogP contribution in [-0.4, -0.2) is 12.8 Å². The van der Waals surface area contributed by atoms with E-state index in [1.54, 1.807) is 0 Å². The summed E-state index contributed by atoms with van der Waals surface area (Å²) < 4.78 is 0. The highest BCUT2D eigenvalue weighted by Gasteiger charge is 2.32. The predicted octanol–water partition coefficient (Wildman–Crippen LogP) is 2.83. The Labute approximate surface area is 74.7 Å². The van der Waals surface area contributed by atoms with Crippen molar-refractivity contribution < 1.29 is 0 Å². The second kappa shape index (κ2) is 3.57. The van der Waals surface area contributed by atoms with Crippen molar-refractivity contribution in [2.75, 3.05) is 6.54 Å². The van der Waals surface area contributed by atoms with Crippen molar-refractivity contribution >= 4 is 18.6 Å². The summed E-state index contributed by atoms with van der Waals surface area (Å²) in [6.07, 6.45) is 10.6. The van der Waals surface area contributed by atoms with E-state index in [-0.39, 0.29) is 12.4 Å². The van der Waals surface area contributed by atoms with Crippen LogP contribution >= 0.6 is 12.4 Å². The van der Waals surface area contributed by atoms with Crippen LogP contribution < -0.4 is 0 Å². The van der Waals surface area contributed by atoms with E-state index in [9.17, 15) is 0 Å². The maximum absolute atomic E-state index is 4.34. The van der Waals surface area contributed by atoms with Gasteiger partial charge in [0.2, 0.25) is 0 Å². The smallest absolute Gasteiger partial charge is 0.0445 e. The van der Waals surface area contributed by atoms with E-state index in [0.29, 0.717) is 5.41 Å². The molecule has 1 saturated carbocycles. The van der Waals surface area contributed by atoms with E-state index in [2.05, 4.69) is 11.2 Å². The lowest BCUT2D eigenvalue weighted by Gasteiger charge is -2.31. The second-order valence-electron chi connectivity index (χ2n) is 3.79. The van der Waals surface area contributed by atoms with Crippen molar-refractivity contribution in [2.45, 2.75) is 38.5 Å². The van der Waals surface area contributed by atoms with Crippen LogP contribution in [0.5, 0.6) is 0 Å². The van der Waals surface area contributed by atoms with Gasteiger partial charge < -0.3 is 0 Å². The molecule has 11 heavy (non-hydrogen) atoms. The van der Waals surface area contributed by atoms with Crippen LogP contribution in [0, 0.1) is 5.41 Å². The third-order valence-electron chi connectivity index (χ3n) is 2.99. The molecule has 0 bridgehead atoms. The fourth-order valence-electron chi connectivity index (χ4n) is 2.24. The quantitative estimate of drug-likeness (QED) is 0.534. The Morgan fingerprint density at radius 1 is 1.09 bits per heavy atom. The van der Waals surface area contributed by atoms with Gasteiger partial charge in [0.05, 0.1) is 0 Å². The molecule has 0 unspecified atom stereocenters. The van der Waals surface area contributed by atoms with Crippen LogP contribution in [0.1, 0.15) is 38.5 Å². The average Bonchev–Trinajstić information content (AvgIpc) is 2.39. The number of halogens is 1. The van der Waals surface area contributed by atoms with Crippen molar-refractivity contribution in [3.05, 3.63) is 0 Å². The molecular formula is C9H16ClN. The summed E-state index contributed by atoms with van der Waals surface area (Å²) in [5.41, 5.74) is 0.651. The topological polar surface area (TPSA) is 12.4 Å². The number of hydrogen-bond donors (Lipinski definition) is 0. The summed E-state index contributed by atoms with van der Waals surface area (Å²) >= 11 is 0. The van der Waals surface area contributed by atoms with Crippen LogP contribution in [0.4, 0.5) is 0 Å². The minimum Gasteiger partial charge on any atom is -0.297 e. The summed E-state index contributed by atoms with van der Waals surface area (Å²) in [7, 11) is 0. The fourth-order valence-corrected chi connectivity index (χ4v) is 2.24. The molecule has 1 aliphatic carbocycles. The molecule has 1 nitrogen and oxygen atoms in total. The van der Waals surface area contributed by atoms with Gasteiger partial charge in [-0.25, -0.2) is 0 Å². The number of nitrogens with zero attached hydrogens (tertiary/aromatic N) is 1. The van der Waals surface area contributed by atoms with E-state index < -0.39 is 0 Å². The van der Waals surface area contributed by atoms with Crippen LogP contribution in [0.2, 0.25) is 0 Å². The lowest BCUT2D eigenvalue weighted by Crippen LogP contribution is -2.24. The van der Waals surface area contributed by atoms with E-state index in [1.807, 2.05) is 0 Å². The van der Waals surface area contributed by atoms with Gasteiger partial charge in [0, 0.05) is 6.54 Å². The molecule has 0 atom stereocenters. The van der Waals surface area contributed by atoms with Crippen molar-refractivity contribution in [1.29, 1.82) is 0 Å². The van der Waals surface area contributed by atoms with E-state index in [1.165, 1.54) is 38.5 Å². The zero-order valence-corrected chi connectivity index (χ0v) is 7.70. The molecule has 0 saturated heterocycles. The molecule has 0 N–H and O–H groups in total. The summed E-state index contributed by atoms with van der Waals surface area (Å²) in [6.45, 7) is 1.13. The number of aliphatic imine (C=N–C) groups is 1. The number of hydrogen-bond acceptors (Lipinski definition) is 1. The Bertz CT molecular complexity index is 138. The van der Waals surface area contributed by atoms with Crippen molar-refractivity contribution in [2.24, 2.45) is 10.4 Å². The molecule has 0 amide bonds. The molecule has 0 radical (unpaired) electrons. The zero-order chi connectivity index (χ0) is 6.86. The van der Waals surface area contributed by atoms with Gasteiger partial charge in [0.25, 0.3) is 0 Å². The molecule has 2 aliphatic rings. The highest BCUT2D eigenvalue weighted by molar-refractivity contribution is 5.85. The van der Waals surface area contributed by atoms with Crippen LogP contribution in [-0.2, 0) is 0 Å². The molecule has 1 fully saturated rings. The van der Waals surface area contributed by atoms with Crippen LogP contribution in [0.25, 0.3) is 0 Å². The van der Waals surface area contributed by atoms with Crippen LogP contribution in [0.3, 0.4) is 0 Å². The molecule has 1 aliphatic heterocycles. The maximum Gasteiger partial charge on any atom is 0.0445 e. The molecular weight excluding hydrogens is 158 g/mol. The van der Waals surface area contributed by atoms with E-state index >= 15 is 0 Å². The Morgan fingerprint density at radius 2 is 1.82 bits per heavy atom. The largest absolute Gasteiger partial charge is 0.297 e. The minimum atomic E-state index is 0. The molecule has 2 rings (SSSR count). The Balaban J connectivity index is 0.000000605. The summed E-state index contributed by atoms with van der Waals surface area (Å²) in [4.78, 5) is 4.34. The highest BCUT2D eigenvalue weighted by atomic mass is 35.5. The van der Waals surface area contributed by atoms with Gasteiger partial charge in [-0.2, -0.15) is 0 Å². The number of rotatable bonds is 0. The Hall–Kier alpha value is -0.0400. The summed E-state index contributed by atoms with van der Waals surface area (Å²) in [6, 6.07) is 0. The van der Waals surface area contributed by atoms with Gasteiger partial charge in [-0.1, -0.05) is 19.3 Å². The van der Waals surface area contributed by atoms with Gasteiger partial charge in [-0.05, 0) is 30.9 Å². The van der Waals surface area contributed by atoms with Gasteiger partial charge in [-0.15, -0.1) is 12.4 Å².